The van der Waals surface area contributed by atoms with Crippen LogP contribution in [0.5, 0.6) is 0 Å². The summed E-state index contributed by atoms with van der Waals surface area (Å²) >= 11 is 0. The summed E-state index contributed by atoms with van der Waals surface area (Å²) in [5.41, 5.74) is 2.46. The Morgan fingerprint density at radius 3 is 2.81 bits per heavy atom. The molecule has 0 saturated heterocycles. The Balaban J connectivity index is 1.70. The van der Waals surface area contributed by atoms with E-state index in [1.54, 1.807) is 17.9 Å². The van der Waals surface area contributed by atoms with E-state index in [-0.39, 0.29) is 17.9 Å². The normalized spacial score (nSPS) is 10.7. The zero-order valence-corrected chi connectivity index (χ0v) is 14.7. The van der Waals surface area contributed by atoms with Gasteiger partial charge in [-0.3, -0.25) is 9.59 Å². The van der Waals surface area contributed by atoms with Crippen molar-refractivity contribution >= 4 is 5.91 Å². The van der Waals surface area contributed by atoms with Gasteiger partial charge in [0.25, 0.3) is 5.56 Å². The van der Waals surface area contributed by atoms with Crippen molar-refractivity contribution in [2.45, 2.75) is 33.2 Å². The van der Waals surface area contributed by atoms with Crippen molar-refractivity contribution in [1.29, 1.82) is 0 Å². The maximum Gasteiger partial charge on any atom is 0.254 e. The smallest absolute Gasteiger partial charge is 0.254 e. The fourth-order valence-corrected chi connectivity index (χ4v) is 2.68. The van der Waals surface area contributed by atoms with Crippen LogP contribution >= 0.6 is 0 Å². The largest absolute Gasteiger partial charge is 0.352 e. The van der Waals surface area contributed by atoms with E-state index in [2.05, 4.69) is 25.4 Å². The number of H-pyrrole nitrogens is 1. The number of hydrogen-bond donors (Lipinski definition) is 2. The van der Waals surface area contributed by atoms with Gasteiger partial charge in [0.15, 0.2) is 0 Å². The lowest BCUT2D eigenvalue weighted by Crippen LogP contribution is -2.29. The van der Waals surface area contributed by atoms with Gasteiger partial charge in [0.1, 0.15) is 18.5 Å². The van der Waals surface area contributed by atoms with Gasteiger partial charge in [0.05, 0.1) is 12.1 Å². The van der Waals surface area contributed by atoms with Crippen molar-refractivity contribution < 1.29 is 4.79 Å². The molecule has 0 bridgehead atoms. The molecule has 134 valence electrons. The van der Waals surface area contributed by atoms with Gasteiger partial charge in [0, 0.05) is 24.2 Å². The SMILES string of the molecule is CCc1nc(C)c(CC(=O)NCc2ccccc2-n2cncn2)c(=O)[nH]1. The molecule has 0 saturated carbocycles. The predicted octanol–water partition coefficient (Wildman–Crippen LogP) is 1.08. The number of benzene rings is 1. The summed E-state index contributed by atoms with van der Waals surface area (Å²) in [7, 11) is 0. The zero-order chi connectivity index (χ0) is 18.5. The van der Waals surface area contributed by atoms with Crippen molar-refractivity contribution in [2.24, 2.45) is 0 Å². The number of hydrogen-bond acceptors (Lipinski definition) is 5. The number of aromatic nitrogens is 5. The number of carbonyl (C=O) groups excluding carboxylic acids is 1. The molecule has 0 aliphatic heterocycles. The van der Waals surface area contributed by atoms with Gasteiger partial charge in [-0.25, -0.2) is 14.6 Å². The van der Waals surface area contributed by atoms with Gasteiger partial charge >= 0.3 is 0 Å². The van der Waals surface area contributed by atoms with Crippen LogP contribution in [0.4, 0.5) is 0 Å². The summed E-state index contributed by atoms with van der Waals surface area (Å²) < 4.78 is 1.64. The minimum atomic E-state index is -0.257. The Labute approximate surface area is 150 Å². The number of nitrogens with zero attached hydrogens (tertiary/aromatic N) is 4. The van der Waals surface area contributed by atoms with E-state index in [0.717, 1.165) is 11.3 Å². The van der Waals surface area contributed by atoms with Crippen LogP contribution < -0.4 is 10.9 Å². The summed E-state index contributed by atoms with van der Waals surface area (Å²) in [5, 5.41) is 6.97. The molecule has 2 heterocycles. The Kier molecular flexibility index (Phi) is 5.21. The first-order valence-corrected chi connectivity index (χ1v) is 8.36. The third kappa shape index (κ3) is 3.85. The summed E-state index contributed by atoms with van der Waals surface area (Å²) in [6, 6.07) is 7.60. The van der Waals surface area contributed by atoms with Crippen LogP contribution in [0.25, 0.3) is 5.69 Å². The Morgan fingerprint density at radius 2 is 2.12 bits per heavy atom. The van der Waals surface area contributed by atoms with Crippen LogP contribution in [0.2, 0.25) is 0 Å². The van der Waals surface area contributed by atoms with Crippen LogP contribution in [0.1, 0.15) is 29.6 Å². The first kappa shape index (κ1) is 17.5. The second-order valence-corrected chi connectivity index (χ2v) is 5.85. The van der Waals surface area contributed by atoms with Gasteiger partial charge < -0.3 is 10.3 Å². The van der Waals surface area contributed by atoms with Crippen molar-refractivity contribution in [3.8, 4) is 5.69 Å². The molecule has 0 fully saturated rings. The molecule has 8 nitrogen and oxygen atoms in total. The average molecular weight is 352 g/mol. The van der Waals surface area contributed by atoms with Crippen molar-refractivity contribution in [1.82, 2.24) is 30.0 Å². The fourth-order valence-electron chi connectivity index (χ4n) is 2.68. The topological polar surface area (TPSA) is 106 Å². The van der Waals surface area contributed by atoms with Crippen molar-refractivity contribution in [2.75, 3.05) is 0 Å². The standard InChI is InChI=1S/C18H20N6O2/c1-3-16-22-12(2)14(18(26)23-16)8-17(25)20-9-13-6-4-5-7-15(13)24-11-19-10-21-24/h4-7,10-11H,3,8-9H2,1-2H3,(H,20,25)(H,22,23,26). The van der Waals surface area contributed by atoms with Crippen LogP contribution in [0.3, 0.4) is 0 Å². The highest BCUT2D eigenvalue weighted by Crippen LogP contribution is 2.12. The lowest BCUT2D eigenvalue weighted by molar-refractivity contribution is -0.120. The van der Waals surface area contributed by atoms with E-state index in [4.69, 9.17) is 0 Å². The van der Waals surface area contributed by atoms with Gasteiger partial charge in [-0.2, -0.15) is 5.10 Å². The predicted molar refractivity (Wildman–Crippen MR) is 95.9 cm³/mol. The second-order valence-electron chi connectivity index (χ2n) is 5.85. The van der Waals surface area contributed by atoms with E-state index in [0.29, 0.717) is 30.0 Å². The number of amides is 1. The van der Waals surface area contributed by atoms with Gasteiger partial charge in [-0.15, -0.1) is 0 Å². The van der Waals surface area contributed by atoms with Gasteiger partial charge in [-0.05, 0) is 18.6 Å². The maximum absolute atomic E-state index is 12.3. The molecule has 2 aromatic heterocycles. The van der Waals surface area contributed by atoms with E-state index in [1.807, 2.05) is 31.2 Å². The van der Waals surface area contributed by atoms with E-state index in [9.17, 15) is 9.59 Å². The number of para-hydroxylation sites is 1. The molecule has 0 unspecified atom stereocenters. The molecule has 0 radical (unpaired) electrons. The summed E-state index contributed by atoms with van der Waals surface area (Å²) in [5.74, 6) is 0.386. The third-order valence-corrected chi connectivity index (χ3v) is 4.08. The molecule has 26 heavy (non-hydrogen) atoms. The first-order chi connectivity index (χ1) is 12.6. The first-order valence-electron chi connectivity index (χ1n) is 8.36. The second kappa shape index (κ2) is 7.73. The molecule has 0 aliphatic rings. The molecule has 3 aromatic rings. The number of rotatable bonds is 6. The highest BCUT2D eigenvalue weighted by molar-refractivity contribution is 5.78. The van der Waals surface area contributed by atoms with Crippen LogP contribution in [-0.4, -0.2) is 30.6 Å². The molecule has 3 rings (SSSR count). The molecular weight excluding hydrogens is 332 g/mol. The number of carbonyl (C=O) groups is 1. The molecule has 2 N–H and O–H groups in total. The van der Waals surface area contributed by atoms with E-state index >= 15 is 0 Å². The lowest BCUT2D eigenvalue weighted by atomic mass is 10.1. The molecule has 1 amide bonds. The Bertz CT molecular complexity index is 962. The highest BCUT2D eigenvalue weighted by Gasteiger charge is 2.13. The Hall–Kier alpha value is -3.29. The number of aryl methyl sites for hydroxylation is 2. The third-order valence-electron chi connectivity index (χ3n) is 4.08. The molecule has 0 aliphatic carbocycles. The van der Waals surface area contributed by atoms with Crippen LogP contribution in [0.15, 0.2) is 41.7 Å². The number of aromatic amines is 1. The average Bonchev–Trinajstić information content (AvgIpc) is 3.17. The lowest BCUT2D eigenvalue weighted by Gasteiger charge is -2.11. The zero-order valence-electron chi connectivity index (χ0n) is 14.7. The van der Waals surface area contributed by atoms with Gasteiger partial charge in [-0.1, -0.05) is 25.1 Å². The molecular formula is C18H20N6O2. The molecule has 1 aromatic carbocycles. The van der Waals surface area contributed by atoms with E-state index < -0.39 is 0 Å². The van der Waals surface area contributed by atoms with Crippen molar-refractivity contribution in [3.05, 3.63) is 69.9 Å². The Morgan fingerprint density at radius 1 is 1.31 bits per heavy atom. The van der Waals surface area contributed by atoms with Crippen LogP contribution in [0, 0.1) is 6.92 Å². The minimum Gasteiger partial charge on any atom is -0.352 e. The maximum atomic E-state index is 12.3. The molecule has 8 heteroatoms. The monoisotopic (exact) mass is 352 g/mol. The van der Waals surface area contributed by atoms with E-state index in [1.165, 1.54) is 6.33 Å². The highest BCUT2D eigenvalue weighted by atomic mass is 16.2. The summed E-state index contributed by atoms with van der Waals surface area (Å²) in [4.78, 5) is 35.4. The fraction of sp³-hybridized carbons (Fsp3) is 0.278. The van der Waals surface area contributed by atoms with Crippen molar-refractivity contribution in [3.63, 3.8) is 0 Å². The molecule has 0 spiro atoms. The summed E-state index contributed by atoms with van der Waals surface area (Å²) in [6.07, 6.45) is 3.69. The van der Waals surface area contributed by atoms with Gasteiger partial charge in [0.2, 0.25) is 5.91 Å². The van der Waals surface area contributed by atoms with Crippen LogP contribution in [-0.2, 0) is 24.2 Å². The number of nitrogens with one attached hydrogen (secondary N) is 2. The minimum absolute atomic E-state index is 0.0103. The summed E-state index contributed by atoms with van der Waals surface area (Å²) in [6.45, 7) is 3.99. The molecule has 0 atom stereocenters. The quantitative estimate of drug-likeness (QED) is 0.690.